The van der Waals surface area contributed by atoms with Crippen molar-refractivity contribution >= 4 is 35.8 Å². The minimum atomic E-state index is -0.383. The highest BCUT2D eigenvalue weighted by Crippen LogP contribution is 2.23. The van der Waals surface area contributed by atoms with Crippen LogP contribution in [0, 0.1) is 12.3 Å². The lowest BCUT2D eigenvalue weighted by molar-refractivity contribution is -0.128. The number of carbonyl (C=O) groups excluding carboxylic acids is 1. The number of hydrogen-bond donors (Lipinski definition) is 3. The van der Waals surface area contributed by atoms with E-state index in [1.54, 1.807) is 7.05 Å². The third-order valence-electron chi connectivity index (χ3n) is 4.46. The SMILES string of the molecule is CN=C(NCCNC(=O)C(C)(C)C)NCc1ccc(C)cc1OC1CCOC1.I. The molecule has 0 bridgehead atoms. The molecule has 0 saturated carbocycles. The van der Waals surface area contributed by atoms with Crippen molar-refractivity contribution < 1.29 is 14.3 Å². The maximum atomic E-state index is 11.9. The highest BCUT2D eigenvalue weighted by Gasteiger charge is 2.20. The molecule has 0 aliphatic carbocycles. The fourth-order valence-electron chi connectivity index (χ4n) is 2.72. The minimum absolute atomic E-state index is 0. The lowest BCUT2D eigenvalue weighted by Crippen LogP contribution is -2.43. The molecule has 1 aliphatic heterocycles. The number of benzene rings is 1. The van der Waals surface area contributed by atoms with Gasteiger partial charge in [0.05, 0.1) is 13.2 Å². The molecule has 1 unspecified atom stereocenters. The molecule has 1 amide bonds. The summed E-state index contributed by atoms with van der Waals surface area (Å²) in [5.41, 5.74) is 1.85. The summed E-state index contributed by atoms with van der Waals surface area (Å²) in [7, 11) is 1.73. The monoisotopic (exact) mass is 518 g/mol. The summed E-state index contributed by atoms with van der Waals surface area (Å²) in [6, 6.07) is 6.21. The van der Waals surface area contributed by atoms with Gasteiger partial charge in [-0.3, -0.25) is 9.79 Å². The molecule has 0 radical (unpaired) electrons. The standard InChI is InChI=1S/C21H34N4O3.HI/c1-15-6-7-16(18(12-15)28-17-8-11-27-14-17)13-25-20(22-5)24-10-9-23-19(26)21(2,3)4;/h6-7,12,17H,8-11,13-14H2,1-5H3,(H,23,26)(H2,22,24,25);1H. The van der Waals surface area contributed by atoms with Crippen molar-refractivity contribution in [2.45, 2.75) is 46.8 Å². The first-order valence-electron chi connectivity index (χ1n) is 9.86. The number of rotatable bonds is 7. The molecule has 3 N–H and O–H groups in total. The van der Waals surface area contributed by atoms with Crippen LogP contribution in [0.15, 0.2) is 23.2 Å². The molecule has 1 aliphatic rings. The van der Waals surface area contributed by atoms with E-state index in [0.29, 0.717) is 32.2 Å². The molecule has 29 heavy (non-hydrogen) atoms. The number of nitrogens with zero attached hydrogens (tertiary/aromatic N) is 1. The van der Waals surface area contributed by atoms with Gasteiger partial charge in [0.15, 0.2) is 5.96 Å². The molecule has 1 aromatic rings. The average Bonchev–Trinajstić information content (AvgIpc) is 3.14. The van der Waals surface area contributed by atoms with E-state index in [9.17, 15) is 4.79 Å². The normalized spacial score (nSPS) is 16.7. The Morgan fingerprint density at radius 2 is 1.97 bits per heavy atom. The van der Waals surface area contributed by atoms with Gasteiger partial charge in [-0.1, -0.05) is 32.9 Å². The van der Waals surface area contributed by atoms with Crippen molar-refractivity contribution in [2.24, 2.45) is 10.4 Å². The molecular weight excluding hydrogens is 483 g/mol. The highest BCUT2D eigenvalue weighted by molar-refractivity contribution is 14.0. The Morgan fingerprint density at radius 3 is 2.59 bits per heavy atom. The van der Waals surface area contributed by atoms with Crippen LogP contribution in [0.3, 0.4) is 0 Å². The Labute approximate surface area is 191 Å². The second-order valence-electron chi connectivity index (χ2n) is 8.07. The molecular formula is C21H35IN4O3. The Kier molecular flexibility index (Phi) is 10.7. The molecule has 8 heteroatoms. The second kappa shape index (κ2) is 12.2. The van der Waals surface area contributed by atoms with Crippen LogP contribution in [0.4, 0.5) is 0 Å². The first-order chi connectivity index (χ1) is 13.3. The van der Waals surface area contributed by atoms with Gasteiger partial charge < -0.3 is 25.4 Å². The first kappa shape index (κ1) is 25.5. The van der Waals surface area contributed by atoms with Crippen LogP contribution in [0.5, 0.6) is 5.75 Å². The number of aryl methyl sites for hydroxylation is 1. The van der Waals surface area contributed by atoms with E-state index in [-0.39, 0.29) is 41.4 Å². The van der Waals surface area contributed by atoms with Crippen molar-refractivity contribution in [3.05, 3.63) is 29.3 Å². The number of amides is 1. The van der Waals surface area contributed by atoms with Gasteiger partial charge in [-0.05, 0) is 18.6 Å². The van der Waals surface area contributed by atoms with E-state index in [4.69, 9.17) is 9.47 Å². The summed E-state index contributed by atoms with van der Waals surface area (Å²) in [5.74, 6) is 1.60. The van der Waals surface area contributed by atoms with Gasteiger partial charge in [0.25, 0.3) is 0 Å². The van der Waals surface area contributed by atoms with Crippen LogP contribution in [0.1, 0.15) is 38.3 Å². The van der Waals surface area contributed by atoms with Crippen molar-refractivity contribution in [1.29, 1.82) is 0 Å². The van der Waals surface area contributed by atoms with Gasteiger partial charge in [-0.25, -0.2) is 0 Å². The van der Waals surface area contributed by atoms with Crippen molar-refractivity contribution in [1.82, 2.24) is 16.0 Å². The fourth-order valence-corrected chi connectivity index (χ4v) is 2.72. The quantitative estimate of drug-likeness (QED) is 0.224. The van der Waals surface area contributed by atoms with Crippen LogP contribution in [-0.4, -0.2) is 51.3 Å². The van der Waals surface area contributed by atoms with E-state index in [1.807, 2.05) is 20.8 Å². The van der Waals surface area contributed by atoms with E-state index >= 15 is 0 Å². The predicted molar refractivity (Wildman–Crippen MR) is 127 cm³/mol. The summed E-state index contributed by atoms with van der Waals surface area (Å²) < 4.78 is 11.5. The number of hydrogen-bond acceptors (Lipinski definition) is 4. The van der Waals surface area contributed by atoms with Crippen LogP contribution < -0.4 is 20.7 Å². The summed E-state index contributed by atoms with van der Waals surface area (Å²) in [6.45, 7) is 10.9. The lowest BCUT2D eigenvalue weighted by atomic mass is 9.96. The third kappa shape index (κ3) is 8.77. The number of halogens is 1. The molecule has 1 heterocycles. The van der Waals surface area contributed by atoms with E-state index in [2.05, 4.69) is 46.1 Å². The Morgan fingerprint density at radius 1 is 1.24 bits per heavy atom. The number of guanidine groups is 1. The van der Waals surface area contributed by atoms with Crippen LogP contribution in [0.2, 0.25) is 0 Å². The second-order valence-corrected chi connectivity index (χ2v) is 8.07. The molecule has 1 atom stereocenters. The van der Waals surface area contributed by atoms with E-state index in [1.165, 1.54) is 0 Å². The summed E-state index contributed by atoms with van der Waals surface area (Å²) in [6.07, 6.45) is 1.04. The van der Waals surface area contributed by atoms with Crippen LogP contribution in [-0.2, 0) is 16.1 Å². The smallest absolute Gasteiger partial charge is 0.225 e. The molecule has 164 valence electrons. The Bertz CT molecular complexity index is 683. The fraction of sp³-hybridized carbons (Fsp3) is 0.619. The number of ether oxygens (including phenoxy) is 2. The maximum Gasteiger partial charge on any atom is 0.225 e. The topological polar surface area (TPSA) is 84.0 Å². The number of nitrogens with one attached hydrogen (secondary N) is 3. The molecule has 1 saturated heterocycles. The Hall–Kier alpha value is -1.55. The van der Waals surface area contributed by atoms with Gasteiger partial charge in [-0.2, -0.15) is 0 Å². The zero-order valence-corrected chi connectivity index (χ0v) is 20.5. The van der Waals surface area contributed by atoms with Gasteiger partial charge in [0.2, 0.25) is 5.91 Å². The zero-order chi connectivity index (χ0) is 20.6. The van der Waals surface area contributed by atoms with Crippen LogP contribution in [0.25, 0.3) is 0 Å². The van der Waals surface area contributed by atoms with E-state index in [0.717, 1.165) is 29.9 Å². The zero-order valence-electron chi connectivity index (χ0n) is 18.1. The van der Waals surface area contributed by atoms with Crippen molar-refractivity contribution in [2.75, 3.05) is 33.4 Å². The molecule has 1 fully saturated rings. The molecule has 1 aromatic carbocycles. The summed E-state index contributed by atoms with van der Waals surface area (Å²) >= 11 is 0. The largest absolute Gasteiger partial charge is 0.488 e. The maximum absolute atomic E-state index is 11.9. The molecule has 0 spiro atoms. The number of carbonyl (C=O) groups is 1. The minimum Gasteiger partial charge on any atom is -0.488 e. The number of aliphatic imine (C=N–C) groups is 1. The average molecular weight is 518 g/mol. The third-order valence-corrected chi connectivity index (χ3v) is 4.46. The van der Waals surface area contributed by atoms with Gasteiger partial charge >= 0.3 is 0 Å². The Balaban J connectivity index is 0.00000420. The molecule has 7 nitrogen and oxygen atoms in total. The van der Waals surface area contributed by atoms with Gasteiger partial charge in [0, 0.05) is 44.1 Å². The molecule has 0 aromatic heterocycles. The van der Waals surface area contributed by atoms with Crippen molar-refractivity contribution in [3.63, 3.8) is 0 Å². The van der Waals surface area contributed by atoms with Crippen LogP contribution >= 0.6 is 24.0 Å². The van der Waals surface area contributed by atoms with Crippen molar-refractivity contribution in [3.8, 4) is 5.75 Å². The van der Waals surface area contributed by atoms with Gasteiger partial charge in [-0.15, -0.1) is 24.0 Å². The van der Waals surface area contributed by atoms with Gasteiger partial charge in [0.1, 0.15) is 11.9 Å². The summed E-state index contributed by atoms with van der Waals surface area (Å²) in [4.78, 5) is 16.1. The predicted octanol–water partition coefficient (Wildman–Crippen LogP) is 2.61. The lowest BCUT2D eigenvalue weighted by Gasteiger charge is -2.19. The first-order valence-corrected chi connectivity index (χ1v) is 9.86. The molecule has 2 rings (SSSR count). The summed E-state index contributed by atoms with van der Waals surface area (Å²) in [5, 5.41) is 9.43. The highest BCUT2D eigenvalue weighted by atomic mass is 127. The van der Waals surface area contributed by atoms with E-state index < -0.39 is 0 Å².